The van der Waals surface area contributed by atoms with Crippen LogP contribution in [0.5, 0.6) is 0 Å². The molecule has 0 aliphatic carbocycles. The number of rotatable bonds is 4. The highest BCUT2D eigenvalue weighted by Gasteiger charge is 2.02. The minimum Gasteiger partial charge on any atom is -0.481 e. The summed E-state index contributed by atoms with van der Waals surface area (Å²) in [6, 6.07) is 4.57. The SMILES string of the molecule is O=C(O)CCNc1ccc(Br)cc1F. The molecule has 0 bridgehead atoms. The third-order valence-electron chi connectivity index (χ3n) is 1.59. The van der Waals surface area contributed by atoms with Gasteiger partial charge in [-0.3, -0.25) is 4.79 Å². The summed E-state index contributed by atoms with van der Waals surface area (Å²) in [4.78, 5) is 10.2. The molecule has 1 aromatic carbocycles. The molecule has 5 heteroatoms. The lowest BCUT2D eigenvalue weighted by Crippen LogP contribution is -2.08. The maximum absolute atomic E-state index is 13.1. The highest BCUT2D eigenvalue weighted by molar-refractivity contribution is 9.10. The van der Waals surface area contributed by atoms with Gasteiger partial charge in [0.15, 0.2) is 0 Å². The molecule has 0 fully saturated rings. The Morgan fingerprint density at radius 1 is 1.57 bits per heavy atom. The molecule has 0 heterocycles. The predicted octanol–water partition coefficient (Wildman–Crippen LogP) is 2.47. The summed E-state index contributed by atoms with van der Waals surface area (Å²) in [6.45, 7) is 0.216. The Hall–Kier alpha value is -1.10. The van der Waals surface area contributed by atoms with Gasteiger partial charge in [0.2, 0.25) is 0 Å². The fraction of sp³-hybridized carbons (Fsp3) is 0.222. The average molecular weight is 262 g/mol. The second kappa shape index (κ2) is 4.95. The maximum Gasteiger partial charge on any atom is 0.305 e. The quantitative estimate of drug-likeness (QED) is 0.876. The monoisotopic (exact) mass is 261 g/mol. The lowest BCUT2D eigenvalue weighted by molar-refractivity contribution is -0.136. The van der Waals surface area contributed by atoms with Crippen molar-refractivity contribution >= 4 is 27.6 Å². The van der Waals surface area contributed by atoms with Gasteiger partial charge in [-0.15, -0.1) is 0 Å². The van der Waals surface area contributed by atoms with Crippen molar-refractivity contribution < 1.29 is 14.3 Å². The van der Waals surface area contributed by atoms with Crippen molar-refractivity contribution in [3.8, 4) is 0 Å². The topological polar surface area (TPSA) is 49.3 Å². The molecule has 0 amide bonds. The van der Waals surface area contributed by atoms with Gasteiger partial charge < -0.3 is 10.4 Å². The van der Waals surface area contributed by atoms with Crippen molar-refractivity contribution in [3.05, 3.63) is 28.5 Å². The molecule has 3 nitrogen and oxygen atoms in total. The number of halogens is 2. The second-order valence-corrected chi connectivity index (χ2v) is 3.61. The Labute approximate surface area is 89.1 Å². The number of nitrogens with one attached hydrogen (secondary N) is 1. The van der Waals surface area contributed by atoms with Gasteiger partial charge >= 0.3 is 5.97 Å². The molecule has 2 N–H and O–H groups in total. The van der Waals surface area contributed by atoms with Gasteiger partial charge in [0, 0.05) is 11.0 Å². The summed E-state index contributed by atoms with van der Waals surface area (Å²) < 4.78 is 13.8. The third kappa shape index (κ3) is 3.33. The van der Waals surface area contributed by atoms with E-state index in [0.717, 1.165) is 0 Å². The first kappa shape index (κ1) is 11.0. The number of carboxylic acid groups (broad SMARTS) is 1. The molecule has 14 heavy (non-hydrogen) atoms. The fourth-order valence-electron chi connectivity index (χ4n) is 0.937. The van der Waals surface area contributed by atoms with Crippen molar-refractivity contribution in [2.75, 3.05) is 11.9 Å². The normalized spacial score (nSPS) is 9.86. The van der Waals surface area contributed by atoms with E-state index in [0.29, 0.717) is 10.2 Å². The number of carboxylic acids is 1. The number of benzene rings is 1. The van der Waals surface area contributed by atoms with E-state index in [1.807, 2.05) is 0 Å². The predicted molar refractivity (Wildman–Crippen MR) is 54.8 cm³/mol. The van der Waals surface area contributed by atoms with Crippen LogP contribution < -0.4 is 5.32 Å². The number of carbonyl (C=O) groups is 1. The maximum atomic E-state index is 13.1. The van der Waals surface area contributed by atoms with Crippen LogP contribution in [-0.2, 0) is 4.79 Å². The molecule has 0 aliphatic rings. The molecule has 76 valence electrons. The van der Waals surface area contributed by atoms with Crippen molar-refractivity contribution in [1.82, 2.24) is 0 Å². The van der Waals surface area contributed by atoms with Gasteiger partial charge in [-0.1, -0.05) is 15.9 Å². The number of aliphatic carboxylic acids is 1. The molecule has 0 saturated carbocycles. The van der Waals surface area contributed by atoms with Gasteiger partial charge in [0.05, 0.1) is 12.1 Å². The van der Waals surface area contributed by atoms with Crippen molar-refractivity contribution in [3.63, 3.8) is 0 Å². The molecule has 1 rings (SSSR count). The highest BCUT2D eigenvalue weighted by atomic mass is 79.9. The van der Waals surface area contributed by atoms with Crippen LogP contribution in [0.4, 0.5) is 10.1 Å². The number of hydrogen-bond donors (Lipinski definition) is 2. The summed E-state index contributed by atoms with van der Waals surface area (Å²) in [7, 11) is 0. The smallest absolute Gasteiger partial charge is 0.305 e. The van der Waals surface area contributed by atoms with Gasteiger partial charge in [0.1, 0.15) is 5.82 Å². The molecular weight excluding hydrogens is 253 g/mol. The van der Waals surface area contributed by atoms with Crippen LogP contribution in [-0.4, -0.2) is 17.6 Å². The summed E-state index contributed by atoms with van der Waals surface area (Å²) in [5, 5.41) is 11.1. The summed E-state index contributed by atoms with van der Waals surface area (Å²) in [5.74, 6) is -1.31. The zero-order valence-electron chi connectivity index (χ0n) is 7.26. The van der Waals surface area contributed by atoms with Crippen LogP contribution in [0.15, 0.2) is 22.7 Å². The minimum atomic E-state index is -0.907. The molecule has 1 aromatic rings. The Morgan fingerprint density at radius 2 is 2.29 bits per heavy atom. The Kier molecular flexibility index (Phi) is 3.88. The standard InChI is InChI=1S/C9H9BrFNO2/c10-6-1-2-8(7(11)5-6)12-4-3-9(13)14/h1-2,5,12H,3-4H2,(H,13,14). The van der Waals surface area contributed by atoms with E-state index < -0.39 is 11.8 Å². The van der Waals surface area contributed by atoms with Crippen LogP contribution >= 0.6 is 15.9 Å². The van der Waals surface area contributed by atoms with Crippen molar-refractivity contribution in [2.24, 2.45) is 0 Å². The molecular formula is C9H9BrFNO2. The summed E-state index contributed by atoms with van der Waals surface area (Å²) in [6.07, 6.45) is -0.0322. The van der Waals surface area contributed by atoms with Gasteiger partial charge in [-0.2, -0.15) is 0 Å². The van der Waals surface area contributed by atoms with Crippen molar-refractivity contribution in [1.29, 1.82) is 0 Å². The molecule has 0 unspecified atom stereocenters. The largest absolute Gasteiger partial charge is 0.481 e. The lowest BCUT2D eigenvalue weighted by atomic mass is 10.3. The van der Waals surface area contributed by atoms with E-state index in [1.54, 1.807) is 12.1 Å². The number of hydrogen-bond acceptors (Lipinski definition) is 2. The van der Waals surface area contributed by atoms with E-state index in [9.17, 15) is 9.18 Å². The van der Waals surface area contributed by atoms with E-state index in [2.05, 4.69) is 21.2 Å². The Morgan fingerprint density at radius 3 is 2.86 bits per heavy atom. The second-order valence-electron chi connectivity index (χ2n) is 2.69. The zero-order chi connectivity index (χ0) is 10.6. The van der Waals surface area contributed by atoms with Gasteiger partial charge in [-0.05, 0) is 18.2 Å². The van der Waals surface area contributed by atoms with Crippen molar-refractivity contribution in [2.45, 2.75) is 6.42 Å². The summed E-state index contributed by atoms with van der Waals surface area (Å²) >= 11 is 3.13. The minimum absolute atomic E-state index is 0.0322. The first-order chi connectivity index (χ1) is 6.59. The lowest BCUT2D eigenvalue weighted by Gasteiger charge is -2.05. The average Bonchev–Trinajstić information content (AvgIpc) is 2.08. The zero-order valence-corrected chi connectivity index (χ0v) is 8.84. The third-order valence-corrected chi connectivity index (χ3v) is 2.08. The van der Waals surface area contributed by atoms with E-state index in [4.69, 9.17) is 5.11 Å². The van der Waals surface area contributed by atoms with E-state index >= 15 is 0 Å². The highest BCUT2D eigenvalue weighted by Crippen LogP contribution is 2.18. The molecule has 0 atom stereocenters. The molecule has 0 spiro atoms. The summed E-state index contributed by atoms with van der Waals surface area (Å²) in [5.41, 5.74) is 0.314. The van der Waals surface area contributed by atoms with Gasteiger partial charge in [-0.25, -0.2) is 4.39 Å². The fourth-order valence-corrected chi connectivity index (χ4v) is 1.27. The van der Waals surface area contributed by atoms with Gasteiger partial charge in [0.25, 0.3) is 0 Å². The van der Waals surface area contributed by atoms with Crippen LogP contribution in [0.1, 0.15) is 6.42 Å². The van der Waals surface area contributed by atoms with E-state index in [-0.39, 0.29) is 13.0 Å². The first-order valence-electron chi connectivity index (χ1n) is 4.00. The first-order valence-corrected chi connectivity index (χ1v) is 4.79. The van der Waals surface area contributed by atoms with Crippen LogP contribution in [0, 0.1) is 5.82 Å². The molecule has 0 saturated heterocycles. The van der Waals surface area contributed by atoms with Crippen LogP contribution in [0.25, 0.3) is 0 Å². The Balaban J connectivity index is 2.55. The number of anilines is 1. The molecule has 0 radical (unpaired) electrons. The Bertz CT molecular complexity index is 344. The van der Waals surface area contributed by atoms with Crippen LogP contribution in [0.2, 0.25) is 0 Å². The van der Waals surface area contributed by atoms with E-state index in [1.165, 1.54) is 6.07 Å². The van der Waals surface area contributed by atoms with Crippen LogP contribution in [0.3, 0.4) is 0 Å². The molecule has 0 aliphatic heterocycles. The molecule has 0 aromatic heterocycles.